The zero-order chi connectivity index (χ0) is 11.3. The second kappa shape index (κ2) is 5.72. The number of hydrogen-bond donors (Lipinski definition) is 2. The molecule has 1 aromatic heterocycles. The first-order chi connectivity index (χ1) is 7.85. The first-order valence-corrected chi connectivity index (χ1v) is 6.59. The van der Waals surface area contributed by atoms with E-state index < -0.39 is 0 Å². The fourth-order valence-corrected chi connectivity index (χ4v) is 2.60. The van der Waals surface area contributed by atoms with Gasteiger partial charge in [-0.2, -0.15) is 0 Å². The Bertz CT molecular complexity index is 296. The fourth-order valence-electron chi connectivity index (χ4n) is 2.04. The van der Waals surface area contributed by atoms with Crippen LogP contribution in [-0.2, 0) is 11.3 Å². The van der Waals surface area contributed by atoms with Crippen LogP contribution in [0.25, 0.3) is 0 Å². The van der Waals surface area contributed by atoms with E-state index in [9.17, 15) is 0 Å². The molecule has 0 aromatic carbocycles. The minimum Gasteiger partial charge on any atom is -0.381 e. The molecule has 3 N–H and O–H groups in total. The van der Waals surface area contributed by atoms with E-state index in [1.54, 1.807) is 11.3 Å². The van der Waals surface area contributed by atoms with Crippen LogP contribution in [0, 0.1) is 5.41 Å². The Kier molecular flexibility index (Phi) is 4.29. The van der Waals surface area contributed by atoms with Gasteiger partial charge in [-0.05, 0) is 24.8 Å². The maximum atomic E-state index is 5.89. The van der Waals surface area contributed by atoms with Crippen LogP contribution in [0.5, 0.6) is 0 Å². The maximum absolute atomic E-state index is 5.89. The highest BCUT2D eigenvalue weighted by atomic mass is 32.1. The lowest BCUT2D eigenvalue weighted by Crippen LogP contribution is -2.44. The molecule has 0 radical (unpaired) electrons. The monoisotopic (exact) mass is 241 g/mol. The SMILES string of the molecule is NCC1(CNCc2cncs2)CCOCC1. The summed E-state index contributed by atoms with van der Waals surface area (Å²) in [5.74, 6) is 0. The third-order valence-corrected chi connectivity index (χ3v) is 4.05. The second-order valence-electron chi connectivity index (χ2n) is 4.39. The molecule has 1 aliphatic heterocycles. The standard InChI is InChI=1S/C11H19N3OS/c12-7-11(1-3-15-4-2-11)8-13-5-10-6-14-9-16-10/h6,9,13H,1-5,7-8,12H2. The average molecular weight is 241 g/mol. The van der Waals surface area contributed by atoms with Crippen molar-refractivity contribution in [2.45, 2.75) is 19.4 Å². The van der Waals surface area contributed by atoms with Gasteiger partial charge in [-0.25, -0.2) is 0 Å². The molecule has 0 spiro atoms. The molecule has 0 unspecified atom stereocenters. The van der Waals surface area contributed by atoms with E-state index in [0.717, 1.165) is 45.7 Å². The molecular weight excluding hydrogens is 222 g/mol. The predicted octanol–water partition coefficient (Wildman–Crippen LogP) is 0.988. The van der Waals surface area contributed by atoms with Gasteiger partial charge in [0, 0.05) is 37.4 Å². The lowest BCUT2D eigenvalue weighted by atomic mass is 9.80. The second-order valence-corrected chi connectivity index (χ2v) is 5.36. The fraction of sp³-hybridized carbons (Fsp3) is 0.727. The summed E-state index contributed by atoms with van der Waals surface area (Å²) in [5, 5.41) is 3.48. The van der Waals surface area contributed by atoms with Gasteiger partial charge in [0.1, 0.15) is 0 Å². The quantitative estimate of drug-likeness (QED) is 0.807. The van der Waals surface area contributed by atoms with Crippen molar-refractivity contribution < 1.29 is 4.74 Å². The summed E-state index contributed by atoms with van der Waals surface area (Å²) in [7, 11) is 0. The van der Waals surface area contributed by atoms with Crippen LogP contribution >= 0.6 is 11.3 Å². The Labute approximate surface area is 100 Å². The van der Waals surface area contributed by atoms with E-state index >= 15 is 0 Å². The highest BCUT2D eigenvalue weighted by molar-refractivity contribution is 7.09. The van der Waals surface area contributed by atoms with Crippen LogP contribution in [0.1, 0.15) is 17.7 Å². The van der Waals surface area contributed by atoms with Gasteiger partial charge in [0.25, 0.3) is 0 Å². The molecule has 5 heteroatoms. The largest absolute Gasteiger partial charge is 0.381 e. The summed E-state index contributed by atoms with van der Waals surface area (Å²) < 4.78 is 5.39. The molecule has 1 fully saturated rings. The number of hydrogen-bond acceptors (Lipinski definition) is 5. The summed E-state index contributed by atoms with van der Waals surface area (Å²) in [6.45, 7) is 4.31. The molecule has 1 aliphatic rings. The molecule has 1 aromatic rings. The van der Waals surface area contributed by atoms with Crippen LogP contribution in [0.4, 0.5) is 0 Å². The van der Waals surface area contributed by atoms with Crippen LogP contribution in [0.3, 0.4) is 0 Å². The van der Waals surface area contributed by atoms with Crippen LogP contribution < -0.4 is 11.1 Å². The zero-order valence-electron chi connectivity index (χ0n) is 9.45. The molecule has 4 nitrogen and oxygen atoms in total. The molecule has 2 rings (SSSR count). The minimum absolute atomic E-state index is 0.239. The number of nitrogens with two attached hydrogens (primary N) is 1. The topological polar surface area (TPSA) is 60.2 Å². The lowest BCUT2D eigenvalue weighted by molar-refractivity contribution is 0.0191. The lowest BCUT2D eigenvalue weighted by Gasteiger charge is -2.36. The molecular formula is C11H19N3OS. The van der Waals surface area contributed by atoms with Crippen molar-refractivity contribution in [2.24, 2.45) is 11.1 Å². The number of rotatable bonds is 5. The van der Waals surface area contributed by atoms with Crippen LogP contribution in [0.2, 0.25) is 0 Å². The van der Waals surface area contributed by atoms with E-state index in [4.69, 9.17) is 10.5 Å². The van der Waals surface area contributed by atoms with Gasteiger partial charge in [-0.1, -0.05) is 0 Å². The van der Waals surface area contributed by atoms with Gasteiger partial charge < -0.3 is 15.8 Å². The summed E-state index contributed by atoms with van der Waals surface area (Å²) in [6.07, 6.45) is 4.05. The number of nitrogens with one attached hydrogen (secondary N) is 1. The first-order valence-electron chi connectivity index (χ1n) is 5.71. The minimum atomic E-state index is 0.239. The van der Waals surface area contributed by atoms with E-state index in [1.165, 1.54) is 4.88 Å². The average Bonchev–Trinajstić information content (AvgIpc) is 2.83. The molecule has 0 saturated carbocycles. The molecule has 0 bridgehead atoms. The number of aromatic nitrogens is 1. The van der Waals surface area contributed by atoms with Crippen molar-refractivity contribution in [2.75, 3.05) is 26.3 Å². The summed E-state index contributed by atoms with van der Waals surface area (Å²) in [6, 6.07) is 0. The number of nitrogens with zero attached hydrogens (tertiary/aromatic N) is 1. The van der Waals surface area contributed by atoms with E-state index in [2.05, 4.69) is 10.3 Å². The van der Waals surface area contributed by atoms with Crippen molar-refractivity contribution in [3.05, 3.63) is 16.6 Å². The van der Waals surface area contributed by atoms with Gasteiger partial charge in [0.15, 0.2) is 0 Å². The van der Waals surface area contributed by atoms with E-state index in [-0.39, 0.29) is 5.41 Å². The van der Waals surface area contributed by atoms with Gasteiger partial charge >= 0.3 is 0 Å². The Morgan fingerprint density at radius 2 is 2.31 bits per heavy atom. The highest BCUT2D eigenvalue weighted by Crippen LogP contribution is 2.28. The molecule has 1 saturated heterocycles. The third-order valence-electron chi connectivity index (χ3n) is 3.27. The molecule has 0 amide bonds. The number of ether oxygens (including phenoxy) is 1. The van der Waals surface area contributed by atoms with Gasteiger partial charge in [-0.3, -0.25) is 4.98 Å². The van der Waals surface area contributed by atoms with E-state index in [0.29, 0.717) is 0 Å². The summed E-state index contributed by atoms with van der Waals surface area (Å²) >= 11 is 1.69. The van der Waals surface area contributed by atoms with Crippen LogP contribution in [0.15, 0.2) is 11.7 Å². The maximum Gasteiger partial charge on any atom is 0.0794 e. The molecule has 16 heavy (non-hydrogen) atoms. The molecule has 2 heterocycles. The van der Waals surface area contributed by atoms with Crippen molar-refractivity contribution in [1.82, 2.24) is 10.3 Å². The van der Waals surface area contributed by atoms with Gasteiger partial charge in [-0.15, -0.1) is 11.3 Å². The predicted molar refractivity (Wildman–Crippen MR) is 65.4 cm³/mol. The van der Waals surface area contributed by atoms with Crippen molar-refractivity contribution in [1.29, 1.82) is 0 Å². The van der Waals surface area contributed by atoms with E-state index in [1.807, 2.05) is 11.7 Å². The molecule has 90 valence electrons. The number of thiazole rings is 1. The molecule has 0 aliphatic carbocycles. The van der Waals surface area contributed by atoms with Crippen LogP contribution in [-0.4, -0.2) is 31.3 Å². The zero-order valence-corrected chi connectivity index (χ0v) is 10.3. The third kappa shape index (κ3) is 3.01. The first kappa shape index (κ1) is 12.0. The summed E-state index contributed by atoms with van der Waals surface area (Å²) in [4.78, 5) is 5.34. The smallest absolute Gasteiger partial charge is 0.0794 e. The summed E-state index contributed by atoms with van der Waals surface area (Å²) in [5.41, 5.74) is 8.00. The Hall–Kier alpha value is -0.490. The Morgan fingerprint density at radius 3 is 2.94 bits per heavy atom. The highest BCUT2D eigenvalue weighted by Gasteiger charge is 2.30. The Morgan fingerprint density at radius 1 is 1.50 bits per heavy atom. The Balaban J connectivity index is 1.78. The van der Waals surface area contributed by atoms with Crippen molar-refractivity contribution in [3.8, 4) is 0 Å². The van der Waals surface area contributed by atoms with Gasteiger partial charge in [0.2, 0.25) is 0 Å². The normalized spacial score (nSPS) is 19.8. The van der Waals surface area contributed by atoms with Crippen molar-refractivity contribution in [3.63, 3.8) is 0 Å². The van der Waals surface area contributed by atoms with Gasteiger partial charge in [0.05, 0.1) is 5.51 Å². The molecule has 0 atom stereocenters. The van der Waals surface area contributed by atoms with Crippen molar-refractivity contribution >= 4 is 11.3 Å².